The molecule has 48 valence electrons. The number of hydrogen-bond donors (Lipinski definition) is 0. The van der Waals surface area contributed by atoms with E-state index >= 15 is 0 Å². The van der Waals surface area contributed by atoms with Gasteiger partial charge >= 0.3 is 0 Å². The first kappa shape index (κ1) is 6.18. The maximum atomic E-state index is 5.03. The summed E-state index contributed by atoms with van der Waals surface area (Å²) >= 11 is 0. The topological polar surface area (TPSA) is 18.5 Å². The van der Waals surface area contributed by atoms with Gasteiger partial charge in [-0.1, -0.05) is 5.92 Å². The molecule has 2 heteroatoms. The van der Waals surface area contributed by atoms with Crippen LogP contribution in [-0.4, -0.2) is 12.9 Å². The van der Waals surface area contributed by atoms with Crippen molar-refractivity contribution in [3.8, 4) is 12.3 Å². The Bertz CT molecular complexity index is 164. The zero-order valence-electron chi connectivity index (χ0n) is 5.26. The minimum Gasteiger partial charge on any atom is -0.468 e. The van der Waals surface area contributed by atoms with Crippen molar-refractivity contribution in [2.75, 3.05) is 6.79 Å². The summed E-state index contributed by atoms with van der Waals surface area (Å²) in [5, 5.41) is 0. The predicted molar refractivity (Wildman–Crippen MR) is 33.4 cm³/mol. The quantitative estimate of drug-likeness (QED) is 0.446. The lowest BCUT2D eigenvalue weighted by molar-refractivity contribution is 0.0553. The van der Waals surface area contributed by atoms with Gasteiger partial charge in [-0.2, -0.15) is 0 Å². The zero-order valence-corrected chi connectivity index (χ0v) is 5.26. The molecule has 1 rings (SSSR count). The standard InChI is InChI=1S/C7H8O2/c1-3-4-7-6(2)8-5-9-7/h1,4,6H,5H2,2H3. The molecule has 1 fully saturated rings. The van der Waals surface area contributed by atoms with Gasteiger partial charge in [0.25, 0.3) is 0 Å². The normalized spacial score (nSPS) is 29.8. The van der Waals surface area contributed by atoms with Crippen molar-refractivity contribution in [2.45, 2.75) is 13.0 Å². The minimum absolute atomic E-state index is 0.0287. The summed E-state index contributed by atoms with van der Waals surface area (Å²) in [6.07, 6.45) is 6.62. The molecule has 1 heterocycles. The fourth-order valence-corrected chi connectivity index (χ4v) is 0.645. The lowest BCUT2D eigenvalue weighted by atomic mass is 10.3. The maximum absolute atomic E-state index is 5.03. The van der Waals surface area contributed by atoms with Crippen molar-refractivity contribution in [2.24, 2.45) is 0 Å². The highest BCUT2D eigenvalue weighted by molar-refractivity contribution is 5.16. The molecule has 1 aliphatic rings. The van der Waals surface area contributed by atoms with Gasteiger partial charge in [0.05, 0.1) is 0 Å². The molecule has 0 bridgehead atoms. The van der Waals surface area contributed by atoms with E-state index in [-0.39, 0.29) is 6.10 Å². The van der Waals surface area contributed by atoms with Crippen LogP contribution in [0.15, 0.2) is 11.8 Å². The van der Waals surface area contributed by atoms with Crippen LogP contribution in [0.1, 0.15) is 6.92 Å². The average Bonchev–Trinajstić information content (AvgIpc) is 2.18. The van der Waals surface area contributed by atoms with E-state index in [0.29, 0.717) is 6.79 Å². The number of ether oxygens (including phenoxy) is 2. The summed E-state index contributed by atoms with van der Waals surface area (Å²) in [5.41, 5.74) is 0. The Morgan fingerprint density at radius 1 is 1.89 bits per heavy atom. The monoisotopic (exact) mass is 124 g/mol. The molecule has 1 atom stereocenters. The van der Waals surface area contributed by atoms with Crippen molar-refractivity contribution < 1.29 is 9.47 Å². The highest BCUT2D eigenvalue weighted by atomic mass is 16.7. The third kappa shape index (κ3) is 1.24. The van der Waals surface area contributed by atoms with Gasteiger partial charge in [-0.15, -0.1) is 6.42 Å². The van der Waals surface area contributed by atoms with Crippen LogP contribution in [0, 0.1) is 12.3 Å². The Balaban J connectivity index is 2.62. The molecule has 0 aromatic rings. The van der Waals surface area contributed by atoms with Crippen LogP contribution in [0.2, 0.25) is 0 Å². The van der Waals surface area contributed by atoms with E-state index in [1.807, 2.05) is 6.92 Å². The first-order valence-corrected chi connectivity index (χ1v) is 2.75. The summed E-state index contributed by atoms with van der Waals surface area (Å²) in [6, 6.07) is 0. The summed E-state index contributed by atoms with van der Waals surface area (Å²) in [5.74, 6) is 3.12. The third-order valence-electron chi connectivity index (χ3n) is 1.17. The molecule has 0 saturated carbocycles. The SMILES string of the molecule is C#CC=C1OCOC1C. The minimum atomic E-state index is 0.0287. The average molecular weight is 124 g/mol. The van der Waals surface area contributed by atoms with E-state index in [1.165, 1.54) is 0 Å². The summed E-state index contributed by atoms with van der Waals surface area (Å²) in [6.45, 7) is 2.23. The van der Waals surface area contributed by atoms with Crippen molar-refractivity contribution in [3.05, 3.63) is 11.8 Å². The van der Waals surface area contributed by atoms with Crippen LogP contribution in [0.25, 0.3) is 0 Å². The molecule has 1 unspecified atom stereocenters. The van der Waals surface area contributed by atoms with Crippen molar-refractivity contribution in [3.63, 3.8) is 0 Å². The largest absolute Gasteiger partial charge is 0.468 e. The molecule has 0 aromatic carbocycles. The van der Waals surface area contributed by atoms with E-state index in [0.717, 1.165) is 5.76 Å². The lowest BCUT2D eigenvalue weighted by Gasteiger charge is -1.96. The van der Waals surface area contributed by atoms with Crippen LogP contribution in [0.3, 0.4) is 0 Å². The van der Waals surface area contributed by atoms with Crippen molar-refractivity contribution in [1.82, 2.24) is 0 Å². The maximum Gasteiger partial charge on any atom is 0.189 e. The van der Waals surface area contributed by atoms with Gasteiger partial charge in [-0.3, -0.25) is 0 Å². The smallest absolute Gasteiger partial charge is 0.189 e. The first-order chi connectivity index (χ1) is 4.34. The van der Waals surface area contributed by atoms with E-state index in [9.17, 15) is 0 Å². The second kappa shape index (κ2) is 2.56. The molecular formula is C7H8O2. The van der Waals surface area contributed by atoms with Gasteiger partial charge in [-0.05, 0) is 6.92 Å². The molecule has 9 heavy (non-hydrogen) atoms. The fraction of sp³-hybridized carbons (Fsp3) is 0.429. The Labute approximate surface area is 54.5 Å². The predicted octanol–water partition coefficient (Wildman–Crippen LogP) is 0.896. The van der Waals surface area contributed by atoms with Gasteiger partial charge in [0.15, 0.2) is 6.79 Å². The van der Waals surface area contributed by atoms with Gasteiger partial charge in [0.2, 0.25) is 0 Å². The number of allylic oxidation sites excluding steroid dienone is 1. The van der Waals surface area contributed by atoms with E-state index < -0.39 is 0 Å². The molecule has 0 amide bonds. The molecule has 0 spiro atoms. The molecular weight excluding hydrogens is 116 g/mol. The van der Waals surface area contributed by atoms with Crippen LogP contribution in [-0.2, 0) is 9.47 Å². The summed E-state index contributed by atoms with van der Waals surface area (Å²) < 4.78 is 10.0. The number of terminal acetylenes is 1. The van der Waals surface area contributed by atoms with E-state index in [4.69, 9.17) is 15.9 Å². The van der Waals surface area contributed by atoms with Crippen LogP contribution < -0.4 is 0 Å². The third-order valence-corrected chi connectivity index (χ3v) is 1.17. The Morgan fingerprint density at radius 2 is 2.67 bits per heavy atom. The molecule has 0 aliphatic carbocycles. The molecule has 2 nitrogen and oxygen atoms in total. The van der Waals surface area contributed by atoms with Crippen LogP contribution in [0.5, 0.6) is 0 Å². The van der Waals surface area contributed by atoms with Crippen LogP contribution in [0.4, 0.5) is 0 Å². The van der Waals surface area contributed by atoms with Crippen molar-refractivity contribution >= 4 is 0 Å². The number of rotatable bonds is 0. The van der Waals surface area contributed by atoms with E-state index in [2.05, 4.69) is 5.92 Å². The Hall–Kier alpha value is -0.940. The Kier molecular flexibility index (Phi) is 1.76. The molecule has 0 N–H and O–H groups in total. The van der Waals surface area contributed by atoms with E-state index in [1.54, 1.807) is 6.08 Å². The number of hydrogen-bond acceptors (Lipinski definition) is 2. The fourth-order valence-electron chi connectivity index (χ4n) is 0.645. The Morgan fingerprint density at radius 3 is 3.11 bits per heavy atom. The first-order valence-electron chi connectivity index (χ1n) is 2.75. The molecule has 1 saturated heterocycles. The summed E-state index contributed by atoms with van der Waals surface area (Å²) in [7, 11) is 0. The highest BCUT2D eigenvalue weighted by Gasteiger charge is 2.16. The van der Waals surface area contributed by atoms with Crippen molar-refractivity contribution in [1.29, 1.82) is 0 Å². The molecule has 0 radical (unpaired) electrons. The molecule has 1 aliphatic heterocycles. The highest BCUT2D eigenvalue weighted by Crippen LogP contribution is 2.14. The van der Waals surface area contributed by atoms with Gasteiger partial charge in [-0.25, -0.2) is 0 Å². The van der Waals surface area contributed by atoms with Crippen LogP contribution >= 0.6 is 0 Å². The van der Waals surface area contributed by atoms with Gasteiger partial charge < -0.3 is 9.47 Å². The van der Waals surface area contributed by atoms with Gasteiger partial charge in [0, 0.05) is 6.08 Å². The molecule has 0 aromatic heterocycles. The van der Waals surface area contributed by atoms with Gasteiger partial charge in [0.1, 0.15) is 11.9 Å². The second-order valence-corrected chi connectivity index (χ2v) is 1.78. The summed E-state index contributed by atoms with van der Waals surface area (Å²) in [4.78, 5) is 0. The second-order valence-electron chi connectivity index (χ2n) is 1.78. The zero-order chi connectivity index (χ0) is 6.69. The lowest BCUT2D eigenvalue weighted by Crippen LogP contribution is -1.99.